The Morgan fingerprint density at radius 1 is 1.40 bits per heavy atom. The van der Waals surface area contributed by atoms with Crippen molar-refractivity contribution in [2.24, 2.45) is 5.92 Å². The van der Waals surface area contributed by atoms with Gasteiger partial charge in [0.15, 0.2) is 0 Å². The zero-order valence-corrected chi connectivity index (χ0v) is 11.4. The van der Waals surface area contributed by atoms with E-state index in [9.17, 15) is 0 Å². The maximum absolute atomic E-state index is 8.98. The summed E-state index contributed by atoms with van der Waals surface area (Å²) < 4.78 is 1.66. The topological polar surface area (TPSA) is 115 Å². The normalized spacial score (nSPS) is 12.3. The van der Waals surface area contributed by atoms with Crippen molar-refractivity contribution in [3.8, 4) is 5.95 Å². The first kappa shape index (κ1) is 14.2. The molecule has 2 heterocycles. The van der Waals surface area contributed by atoms with Crippen LogP contribution >= 0.6 is 0 Å². The molecule has 0 spiro atoms. The van der Waals surface area contributed by atoms with E-state index in [1.165, 1.54) is 0 Å². The van der Waals surface area contributed by atoms with Crippen LogP contribution in [-0.2, 0) is 0 Å². The minimum absolute atomic E-state index is 0.154. The monoisotopic (exact) mass is 277 g/mol. The van der Waals surface area contributed by atoms with Gasteiger partial charge in [-0.1, -0.05) is 13.3 Å². The lowest BCUT2D eigenvalue weighted by Crippen LogP contribution is -2.18. The molecule has 2 aromatic rings. The number of aliphatic hydroxyl groups excluding tert-OH is 1. The molecule has 1 atom stereocenters. The van der Waals surface area contributed by atoms with Crippen LogP contribution in [0.2, 0.25) is 0 Å². The molecule has 2 aromatic heterocycles. The predicted octanol–water partition coefficient (Wildman–Crippen LogP) is 0.460. The van der Waals surface area contributed by atoms with Gasteiger partial charge in [0.05, 0.1) is 0 Å². The van der Waals surface area contributed by atoms with Crippen molar-refractivity contribution < 1.29 is 5.11 Å². The molecule has 2 rings (SSSR count). The SMILES string of the molecule is CCC(CCO)CNc1nc(N)nc(-n2ccnc2)n1. The number of nitrogen functional groups attached to an aromatic ring is 1. The highest BCUT2D eigenvalue weighted by molar-refractivity contribution is 5.35. The summed E-state index contributed by atoms with van der Waals surface area (Å²) in [5.41, 5.74) is 5.69. The Kier molecular flexibility index (Phi) is 4.83. The molecule has 0 radical (unpaired) electrons. The average Bonchev–Trinajstić information content (AvgIpc) is 2.97. The van der Waals surface area contributed by atoms with Gasteiger partial charge in [-0.3, -0.25) is 4.57 Å². The van der Waals surface area contributed by atoms with Crippen LogP contribution in [0, 0.1) is 5.92 Å². The minimum Gasteiger partial charge on any atom is -0.396 e. The second-order valence-corrected chi connectivity index (χ2v) is 4.45. The molecule has 0 aromatic carbocycles. The van der Waals surface area contributed by atoms with Crippen molar-refractivity contribution in [3.63, 3.8) is 0 Å². The third kappa shape index (κ3) is 3.64. The van der Waals surface area contributed by atoms with Crippen molar-refractivity contribution in [3.05, 3.63) is 18.7 Å². The van der Waals surface area contributed by atoms with E-state index in [4.69, 9.17) is 10.8 Å². The minimum atomic E-state index is 0.154. The number of nitrogens with zero attached hydrogens (tertiary/aromatic N) is 5. The van der Waals surface area contributed by atoms with Gasteiger partial charge in [0.1, 0.15) is 6.33 Å². The third-order valence-electron chi connectivity index (χ3n) is 3.04. The van der Waals surface area contributed by atoms with Gasteiger partial charge in [0.25, 0.3) is 0 Å². The Morgan fingerprint density at radius 3 is 2.90 bits per heavy atom. The zero-order valence-electron chi connectivity index (χ0n) is 11.4. The van der Waals surface area contributed by atoms with Gasteiger partial charge in [0.2, 0.25) is 17.8 Å². The standard InChI is InChI=1S/C12H19N7O/c1-2-9(3-6-20)7-15-11-16-10(13)17-12(18-11)19-5-4-14-8-19/h4-5,8-9,20H,2-3,6-7H2,1H3,(H3,13,15,16,17,18). The van der Waals surface area contributed by atoms with E-state index in [2.05, 4.69) is 32.2 Å². The number of hydrogen-bond donors (Lipinski definition) is 3. The Morgan fingerprint density at radius 2 is 2.25 bits per heavy atom. The quantitative estimate of drug-likeness (QED) is 0.673. The van der Waals surface area contributed by atoms with Gasteiger partial charge in [-0.05, 0) is 12.3 Å². The lowest BCUT2D eigenvalue weighted by Gasteiger charge is -2.14. The molecule has 0 aliphatic rings. The largest absolute Gasteiger partial charge is 0.396 e. The highest BCUT2D eigenvalue weighted by Crippen LogP contribution is 2.11. The average molecular weight is 277 g/mol. The summed E-state index contributed by atoms with van der Waals surface area (Å²) in [4.78, 5) is 16.3. The van der Waals surface area contributed by atoms with Gasteiger partial charge >= 0.3 is 0 Å². The van der Waals surface area contributed by atoms with Gasteiger partial charge in [-0.15, -0.1) is 0 Å². The summed E-state index contributed by atoms with van der Waals surface area (Å²) in [6.45, 7) is 2.95. The van der Waals surface area contributed by atoms with E-state index in [1.807, 2.05) is 0 Å². The highest BCUT2D eigenvalue weighted by Gasteiger charge is 2.09. The first-order valence-corrected chi connectivity index (χ1v) is 6.57. The number of nitrogens with two attached hydrogens (primary N) is 1. The lowest BCUT2D eigenvalue weighted by molar-refractivity contribution is 0.258. The fourth-order valence-corrected chi connectivity index (χ4v) is 1.82. The van der Waals surface area contributed by atoms with Crippen molar-refractivity contribution in [2.75, 3.05) is 24.2 Å². The number of hydrogen-bond acceptors (Lipinski definition) is 7. The summed E-state index contributed by atoms with van der Waals surface area (Å²) in [5.74, 6) is 1.38. The van der Waals surface area contributed by atoms with E-state index in [0.717, 1.165) is 12.8 Å². The van der Waals surface area contributed by atoms with Crippen LogP contribution in [-0.4, -0.2) is 42.8 Å². The maximum atomic E-state index is 8.98. The molecular formula is C12H19N7O. The Bertz CT molecular complexity index is 529. The molecular weight excluding hydrogens is 258 g/mol. The Labute approximate surface area is 117 Å². The molecule has 0 bridgehead atoms. The molecule has 0 amide bonds. The highest BCUT2D eigenvalue weighted by atomic mass is 16.3. The van der Waals surface area contributed by atoms with Crippen molar-refractivity contribution in [1.29, 1.82) is 0 Å². The van der Waals surface area contributed by atoms with Crippen LogP contribution in [0.5, 0.6) is 0 Å². The molecule has 20 heavy (non-hydrogen) atoms. The fourth-order valence-electron chi connectivity index (χ4n) is 1.82. The molecule has 0 saturated carbocycles. The van der Waals surface area contributed by atoms with Gasteiger partial charge in [-0.25, -0.2) is 4.98 Å². The van der Waals surface area contributed by atoms with E-state index in [-0.39, 0.29) is 12.6 Å². The lowest BCUT2D eigenvalue weighted by atomic mass is 10.0. The molecule has 0 fully saturated rings. The number of anilines is 2. The summed E-state index contributed by atoms with van der Waals surface area (Å²) in [7, 11) is 0. The summed E-state index contributed by atoms with van der Waals surface area (Å²) in [6.07, 6.45) is 6.70. The molecule has 0 aliphatic carbocycles. The first-order valence-electron chi connectivity index (χ1n) is 6.57. The van der Waals surface area contributed by atoms with E-state index in [1.54, 1.807) is 23.3 Å². The summed E-state index contributed by atoms with van der Waals surface area (Å²) in [6, 6.07) is 0. The van der Waals surface area contributed by atoms with Crippen LogP contribution in [0.1, 0.15) is 19.8 Å². The van der Waals surface area contributed by atoms with Crippen molar-refractivity contribution in [1.82, 2.24) is 24.5 Å². The second-order valence-electron chi connectivity index (χ2n) is 4.45. The molecule has 8 heteroatoms. The van der Waals surface area contributed by atoms with Crippen LogP contribution in [0.4, 0.5) is 11.9 Å². The van der Waals surface area contributed by atoms with Crippen LogP contribution < -0.4 is 11.1 Å². The molecule has 8 nitrogen and oxygen atoms in total. The molecule has 0 aliphatic heterocycles. The van der Waals surface area contributed by atoms with Crippen molar-refractivity contribution in [2.45, 2.75) is 19.8 Å². The second kappa shape index (κ2) is 6.80. The number of aliphatic hydroxyl groups is 1. The number of rotatable bonds is 7. The number of imidazole rings is 1. The van der Waals surface area contributed by atoms with Gasteiger partial charge < -0.3 is 16.2 Å². The Balaban J connectivity index is 2.08. The molecule has 108 valence electrons. The van der Waals surface area contributed by atoms with E-state index < -0.39 is 0 Å². The zero-order chi connectivity index (χ0) is 14.4. The molecule has 1 unspecified atom stereocenters. The van der Waals surface area contributed by atoms with Crippen molar-refractivity contribution >= 4 is 11.9 Å². The van der Waals surface area contributed by atoms with Crippen LogP contribution in [0.25, 0.3) is 5.95 Å². The predicted molar refractivity (Wildman–Crippen MR) is 75.3 cm³/mol. The summed E-state index contributed by atoms with van der Waals surface area (Å²) >= 11 is 0. The first-order chi connectivity index (χ1) is 9.72. The number of nitrogens with one attached hydrogen (secondary N) is 1. The smallest absolute Gasteiger partial charge is 0.241 e. The van der Waals surface area contributed by atoms with Gasteiger partial charge in [-0.2, -0.15) is 15.0 Å². The van der Waals surface area contributed by atoms with Crippen LogP contribution in [0.15, 0.2) is 18.7 Å². The van der Waals surface area contributed by atoms with Gasteiger partial charge in [0, 0.05) is 25.5 Å². The van der Waals surface area contributed by atoms with Crippen LogP contribution in [0.3, 0.4) is 0 Å². The van der Waals surface area contributed by atoms with E-state index in [0.29, 0.717) is 24.4 Å². The fraction of sp³-hybridized carbons (Fsp3) is 0.500. The molecule has 4 N–H and O–H groups in total. The maximum Gasteiger partial charge on any atom is 0.241 e. The number of aromatic nitrogens is 5. The molecule has 0 saturated heterocycles. The van der Waals surface area contributed by atoms with E-state index >= 15 is 0 Å². The third-order valence-corrected chi connectivity index (χ3v) is 3.04. The Hall–Kier alpha value is -2.22. The summed E-state index contributed by atoms with van der Waals surface area (Å²) in [5, 5.41) is 12.1.